The van der Waals surface area contributed by atoms with Gasteiger partial charge in [-0.2, -0.15) is 0 Å². The van der Waals surface area contributed by atoms with Gasteiger partial charge in [0.2, 0.25) is 5.91 Å². The molecular formula is C11H9FN2OS2. The monoisotopic (exact) mass is 268 g/mol. The summed E-state index contributed by atoms with van der Waals surface area (Å²) in [6.45, 7) is 0. The molecule has 0 bridgehead atoms. The van der Waals surface area contributed by atoms with Crippen LogP contribution < -0.4 is 5.32 Å². The van der Waals surface area contributed by atoms with Crippen molar-refractivity contribution in [3.05, 3.63) is 22.9 Å². The smallest absolute Gasteiger partial charge is 0.225 e. The molecule has 0 saturated heterocycles. The average molecular weight is 268 g/mol. The van der Waals surface area contributed by atoms with Crippen LogP contribution in [0.1, 0.15) is 12.8 Å². The Bertz CT molecular complexity index is 504. The summed E-state index contributed by atoms with van der Waals surface area (Å²) >= 11 is 6.26. The maximum Gasteiger partial charge on any atom is 0.225 e. The number of carbonyl (C=O) groups is 1. The van der Waals surface area contributed by atoms with Crippen LogP contribution in [0, 0.1) is 5.92 Å². The molecule has 1 fully saturated rings. The van der Waals surface area contributed by atoms with Gasteiger partial charge in [0.1, 0.15) is 5.83 Å². The molecule has 3 nitrogen and oxygen atoms in total. The molecule has 0 aromatic carbocycles. The maximum atomic E-state index is 13.2. The van der Waals surface area contributed by atoms with E-state index in [-0.39, 0.29) is 22.2 Å². The van der Waals surface area contributed by atoms with E-state index in [1.807, 2.05) is 0 Å². The number of aliphatic imine (C=N–C) groups is 1. The Morgan fingerprint density at radius 3 is 3.00 bits per heavy atom. The van der Waals surface area contributed by atoms with Gasteiger partial charge in [0, 0.05) is 16.9 Å². The SMILES string of the molecule is O=C(NC1N=C2C=C(F)C(=S)C=C2S1)C1CC1. The first-order chi connectivity index (χ1) is 8.13. The number of nitrogens with zero attached hydrogens (tertiary/aromatic N) is 1. The lowest BCUT2D eigenvalue weighted by Gasteiger charge is -2.08. The average Bonchev–Trinajstić information content (AvgIpc) is 3.04. The van der Waals surface area contributed by atoms with E-state index >= 15 is 0 Å². The zero-order valence-corrected chi connectivity index (χ0v) is 10.4. The number of hydrogen-bond acceptors (Lipinski definition) is 4. The molecule has 0 spiro atoms. The molecule has 0 aromatic rings. The Balaban J connectivity index is 1.74. The number of allylic oxidation sites excluding steroid dienone is 4. The Morgan fingerprint density at radius 2 is 2.29 bits per heavy atom. The molecule has 1 unspecified atom stereocenters. The lowest BCUT2D eigenvalue weighted by atomic mass is 10.1. The normalized spacial score (nSPS) is 27.0. The highest BCUT2D eigenvalue weighted by molar-refractivity contribution is 8.05. The third kappa shape index (κ3) is 2.19. The molecule has 88 valence electrons. The minimum atomic E-state index is -0.433. The number of fused-ring (bicyclic) bond motifs is 1. The van der Waals surface area contributed by atoms with E-state index in [0.717, 1.165) is 17.7 Å². The van der Waals surface area contributed by atoms with Gasteiger partial charge in [0.05, 0.1) is 10.6 Å². The van der Waals surface area contributed by atoms with Crippen LogP contribution in [0.3, 0.4) is 0 Å². The number of rotatable bonds is 2. The summed E-state index contributed by atoms with van der Waals surface area (Å²) in [4.78, 5) is 16.8. The van der Waals surface area contributed by atoms with Crippen molar-refractivity contribution in [3.63, 3.8) is 0 Å². The molecule has 1 atom stereocenters. The number of nitrogens with one attached hydrogen (secondary N) is 1. The van der Waals surface area contributed by atoms with Crippen LogP contribution in [0.4, 0.5) is 4.39 Å². The van der Waals surface area contributed by atoms with Crippen molar-refractivity contribution in [2.45, 2.75) is 18.3 Å². The van der Waals surface area contributed by atoms with Gasteiger partial charge in [0.25, 0.3) is 0 Å². The van der Waals surface area contributed by atoms with Crippen LogP contribution >= 0.6 is 24.0 Å². The van der Waals surface area contributed by atoms with Crippen molar-refractivity contribution in [1.29, 1.82) is 0 Å². The zero-order chi connectivity index (χ0) is 12.0. The predicted molar refractivity (Wildman–Crippen MR) is 69.6 cm³/mol. The van der Waals surface area contributed by atoms with E-state index in [1.54, 1.807) is 6.08 Å². The third-order valence-electron chi connectivity index (χ3n) is 2.72. The van der Waals surface area contributed by atoms with Crippen LogP contribution in [0.15, 0.2) is 27.9 Å². The fraction of sp³-hybridized carbons (Fsp3) is 0.364. The lowest BCUT2D eigenvalue weighted by Crippen LogP contribution is -2.31. The van der Waals surface area contributed by atoms with E-state index in [4.69, 9.17) is 12.2 Å². The van der Waals surface area contributed by atoms with E-state index in [1.165, 1.54) is 17.8 Å². The standard InChI is InChI=1S/C11H9FN2OS2/c12-6-3-7-9(4-8(6)16)17-11(13-7)14-10(15)5-1-2-5/h3-5,11H,1-2H2,(H,14,15). The van der Waals surface area contributed by atoms with Gasteiger partial charge in [-0.1, -0.05) is 24.0 Å². The number of thiocarbonyl (C=S) groups is 1. The third-order valence-corrected chi connectivity index (χ3v) is 4.06. The summed E-state index contributed by atoms with van der Waals surface area (Å²) in [5, 5.41) is 2.83. The summed E-state index contributed by atoms with van der Waals surface area (Å²) in [6.07, 6.45) is 4.84. The van der Waals surface area contributed by atoms with Gasteiger partial charge >= 0.3 is 0 Å². The summed E-state index contributed by atoms with van der Waals surface area (Å²) < 4.78 is 13.2. The summed E-state index contributed by atoms with van der Waals surface area (Å²) in [7, 11) is 0. The fourth-order valence-electron chi connectivity index (χ4n) is 1.64. The van der Waals surface area contributed by atoms with E-state index in [0.29, 0.717) is 5.71 Å². The molecule has 1 N–H and O–H groups in total. The van der Waals surface area contributed by atoms with E-state index in [2.05, 4.69) is 10.3 Å². The summed E-state index contributed by atoms with van der Waals surface area (Å²) in [6, 6.07) is 0. The number of thioether (sulfide) groups is 1. The van der Waals surface area contributed by atoms with Gasteiger partial charge in [-0.05, 0) is 18.9 Å². The molecule has 17 heavy (non-hydrogen) atoms. The molecule has 0 radical (unpaired) electrons. The fourth-order valence-corrected chi connectivity index (χ4v) is 2.89. The molecule has 1 saturated carbocycles. The highest BCUT2D eigenvalue weighted by atomic mass is 32.2. The molecule has 2 aliphatic carbocycles. The second-order valence-electron chi connectivity index (χ2n) is 4.13. The van der Waals surface area contributed by atoms with Crippen molar-refractivity contribution in [1.82, 2.24) is 5.32 Å². The van der Waals surface area contributed by atoms with Crippen molar-refractivity contribution in [3.8, 4) is 0 Å². The second kappa shape index (κ2) is 4.03. The van der Waals surface area contributed by atoms with Crippen LogP contribution in [-0.4, -0.2) is 22.0 Å². The number of amides is 1. The van der Waals surface area contributed by atoms with E-state index < -0.39 is 5.83 Å². The predicted octanol–water partition coefficient (Wildman–Crippen LogP) is 2.10. The second-order valence-corrected chi connectivity index (χ2v) is 5.69. The Morgan fingerprint density at radius 1 is 1.53 bits per heavy atom. The minimum Gasteiger partial charge on any atom is -0.325 e. The van der Waals surface area contributed by atoms with Crippen LogP contribution in [0.5, 0.6) is 0 Å². The summed E-state index contributed by atoms with van der Waals surface area (Å²) in [5.41, 5.74) is 0.233. The highest BCUT2D eigenvalue weighted by Crippen LogP contribution is 2.35. The Hall–Kier alpha value is -1.01. The van der Waals surface area contributed by atoms with Gasteiger partial charge in [-0.3, -0.25) is 4.79 Å². The number of carbonyl (C=O) groups excluding carboxylic acids is 1. The highest BCUT2D eigenvalue weighted by Gasteiger charge is 2.33. The van der Waals surface area contributed by atoms with Gasteiger partial charge in [0.15, 0.2) is 5.50 Å². The Kier molecular flexibility index (Phi) is 2.63. The first kappa shape index (κ1) is 11.1. The molecule has 0 aromatic heterocycles. The van der Waals surface area contributed by atoms with Gasteiger partial charge in [-0.25, -0.2) is 9.38 Å². The molecule has 1 heterocycles. The maximum absolute atomic E-state index is 13.2. The Labute approximate surface area is 107 Å². The molecular weight excluding hydrogens is 259 g/mol. The van der Waals surface area contributed by atoms with Gasteiger partial charge in [-0.15, -0.1) is 0 Å². The topological polar surface area (TPSA) is 41.5 Å². The first-order valence-corrected chi connectivity index (χ1v) is 6.61. The molecule has 6 heteroatoms. The van der Waals surface area contributed by atoms with E-state index in [9.17, 15) is 9.18 Å². The molecule has 3 rings (SSSR count). The van der Waals surface area contributed by atoms with Crippen molar-refractivity contribution < 1.29 is 9.18 Å². The lowest BCUT2D eigenvalue weighted by molar-refractivity contribution is -0.122. The van der Waals surface area contributed by atoms with Crippen LogP contribution in [0.25, 0.3) is 0 Å². The molecule has 1 aliphatic heterocycles. The molecule has 1 amide bonds. The quantitative estimate of drug-likeness (QED) is 0.780. The van der Waals surface area contributed by atoms with Gasteiger partial charge < -0.3 is 5.32 Å². The van der Waals surface area contributed by atoms with Crippen LogP contribution in [0.2, 0.25) is 0 Å². The summed E-state index contributed by atoms with van der Waals surface area (Å²) in [5.74, 6) is -0.240. The largest absolute Gasteiger partial charge is 0.325 e. The minimum absolute atomic E-state index is 0.0399. The molecule has 3 aliphatic rings. The zero-order valence-electron chi connectivity index (χ0n) is 8.77. The van der Waals surface area contributed by atoms with Crippen molar-refractivity contribution in [2.75, 3.05) is 0 Å². The van der Waals surface area contributed by atoms with Crippen molar-refractivity contribution >= 4 is 40.5 Å². The number of hydrogen-bond donors (Lipinski definition) is 1. The first-order valence-electron chi connectivity index (χ1n) is 5.32. The van der Waals surface area contributed by atoms with Crippen molar-refractivity contribution in [2.24, 2.45) is 10.9 Å². The van der Waals surface area contributed by atoms with Crippen LogP contribution in [-0.2, 0) is 4.79 Å². The number of halogens is 1.